The van der Waals surface area contributed by atoms with Gasteiger partial charge < -0.3 is 19.7 Å². The number of carbonyl (C=O) groups is 2. The maximum atomic E-state index is 9.10. The van der Waals surface area contributed by atoms with Gasteiger partial charge in [0, 0.05) is 25.7 Å². The number of hydrogen-bond acceptors (Lipinski definition) is 6. The third-order valence-corrected chi connectivity index (χ3v) is 5.24. The number of carboxylic acids is 2. The van der Waals surface area contributed by atoms with E-state index in [4.69, 9.17) is 29.3 Å². The zero-order valence-electron chi connectivity index (χ0n) is 17.4. The summed E-state index contributed by atoms with van der Waals surface area (Å²) in [5.41, 5.74) is 1.34. The molecule has 0 bridgehead atoms. The smallest absolute Gasteiger partial charge is 0.414 e. The van der Waals surface area contributed by atoms with E-state index < -0.39 is 11.9 Å². The maximum Gasteiger partial charge on any atom is 0.414 e. The van der Waals surface area contributed by atoms with E-state index >= 15 is 0 Å². The predicted octanol–water partition coefficient (Wildman–Crippen LogP) is 1.92. The number of piperidine rings is 1. The molecule has 8 heteroatoms. The second-order valence-electron chi connectivity index (χ2n) is 7.68. The first-order chi connectivity index (χ1) is 13.8. The summed E-state index contributed by atoms with van der Waals surface area (Å²) in [6.45, 7) is 9.96. The number of benzene rings is 1. The molecule has 2 unspecified atom stereocenters. The molecule has 2 heterocycles. The molecule has 3 rings (SSSR count). The molecular weight excluding hydrogens is 376 g/mol. The summed E-state index contributed by atoms with van der Waals surface area (Å²) in [6, 6.07) is 9.16. The molecule has 0 saturated carbocycles. The van der Waals surface area contributed by atoms with Crippen LogP contribution in [0.5, 0.6) is 5.75 Å². The molecule has 2 atom stereocenters. The number of morpholine rings is 1. The summed E-state index contributed by atoms with van der Waals surface area (Å²) < 4.78 is 11.2. The molecule has 1 aromatic rings. The number of carboxylic acid groups (broad SMARTS) is 2. The second kappa shape index (κ2) is 11.1. The Kier molecular flexibility index (Phi) is 8.88. The van der Waals surface area contributed by atoms with Crippen LogP contribution >= 0.6 is 0 Å². The minimum atomic E-state index is -1.82. The van der Waals surface area contributed by atoms with E-state index in [9.17, 15) is 0 Å². The van der Waals surface area contributed by atoms with E-state index in [-0.39, 0.29) is 0 Å². The van der Waals surface area contributed by atoms with Crippen LogP contribution < -0.4 is 4.74 Å². The van der Waals surface area contributed by atoms with Gasteiger partial charge in [-0.05, 0) is 57.5 Å². The zero-order valence-corrected chi connectivity index (χ0v) is 17.4. The summed E-state index contributed by atoms with van der Waals surface area (Å²) in [4.78, 5) is 23.4. The number of aliphatic carboxylic acids is 2. The highest BCUT2D eigenvalue weighted by atomic mass is 16.5. The van der Waals surface area contributed by atoms with Gasteiger partial charge in [0.15, 0.2) is 0 Å². The van der Waals surface area contributed by atoms with Crippen molar-refractivity contribution in [2.24, 2.45) is 0 Å². The minimum Gasteiger partial charge on any atom is -0.497 e. The van der Waals surface area contributed by atoms with E-state index in [0.29, 0.717) is 12.2 Å². The van der Waals surface area contributed by atoms with Crippen molar-refractivity contribution >= 4 is 11.9 Å². The Morgan fingerprint density at radius 3 is 2.21 bits per heavy atom. The van der Waals surface area contributed by atoms with Gasteiger partial charge in [-0.25, -0.2) is 9.59 Å². The Labute approximate surface area is 172 Å². The van der Waals surface area contributed by atoms with Gasteiger partial charge in [0.25, 0.3) is 0 Å². The molecule has 2 aliphatic heterocycles. The number of ether oxygens (including phenoxy) is 2. The van der Waals surface area contributed by atoms with Crippen molar-refractivity contribution in [2.75, 3.05) is 33.3 Å². The minimum absolute atomic E-state index is 0.369. The molecule has 2 fully saturated rings. The van der Waals surface area contributed by atoms with Crippen LogP contribution in [0.2, 0.25) is 0 Å². The van der Waals surface area contributed by atoms with Gasteiger partial charge in [-0.15, -0.1) is 0 Å². The van der Waals surface area contributed by atoms with E-state index in [1.165, 1.54) is 31.5 Å². The van der Waals surface area contributed by atoms with Gasteiger partial charge in [-0.1, -0.05) is 12.1 Å². The molecule has 2 N–H and O–H groups in total. The van der Waals surface area contributed by atoms with Crippen LogP contribution in [0.1, 0.15) is 32.3 Å². The summed E-state index contributed by atoms with van der Waals surface area (Å²) in [5.74, 6) is -2.70. The van der Waals surface area contributed by atoms with Crippen LogP contribution in [0.3, 0.4) is 0 Å². The summed E-state index contributed by atoms with van der Waals surface area (Å²) in [5, 5.41) is 14.8. The molecule has 1 aromatic carbocycles. The predicted molar refractivity (Wildman–Crippen MR) is 108 cm³/mol. The first-order valence-electron chi connectivity index (χ1n) is 9.99. The Morgan fingerprint density at radius 2 is 1.69 bits per heavy atom. The van der Waals surface area contributed by atoms with Crippen LogP contribution in [0.25, 0.3) is 0 Å². The van der Waals surface area contributed by atoms with Gasteiger partial charge in [-0.2, -0.15) is 0 Å². The molecule has 162 valence electrons. The lowest BCUT2D eigenvalue weighted by molar-refractivity contribution is -0.159. The Hall–Kier alpha value is -2.16. The van der Waals surface area contributed by atoms with Gasteiger partial charge in [0.05, 0.1) is 19.3 Å². The standard InChI is InChI=1S/C19H30N2O2.C2H2O4/c1-15-12-21(13-16(2)23-15)18-7-9-20(10-8-18)14-17-5-4-6-19(11-17)22-3;3-1(4)2(5)6/h4-6,11,15-16,18H,7-10,12-14H2,1-3H3;(H,3,4)(H,5,6). The zero-order chi connectivity index (χ0) is 21.4. The van der Waals surface area contributed by atoms with E-state index in [0.717, 1.165) is 31.4 Å². The fraction of sp³-hybridized carbons (Fsp3) is 0.619. The third kappa shape index (κ3) is 7.64. The topological polar surface area (TPSA) is 99.5 Å². The normalized spacial score (nSPS) is 23.7. The highest BCUT2D eigenvalue weighted by molar-refractivity contribution is 6.27. The largest absolute Gasteiger partial charge is 0.497 e. The van der Waals surface area contributed by atoms with Crippen molar-refractivity contribution in [3.8, 4) is 5.75 Å². The van der Waals surface area contributed by atoms with Crippen molar-refractivity contribution in [2.45, 2.75) is 51.5 Å². The van der Waals surface area contributed by atoms with Crippen molar-refractivity contribution in [3.05, 3.63) is 29.8 Å². The summed E-state index contributed by atoms with van der Waals surface area (Å²) >= 11 is 0. The van der Waals surface area contributed by atoms with Crippen molar-refractivity contribution in [3.63, 3.8) is 0 Å². The van der Waals surface area contributed by atoms with Gasteiger partial charge in [0.1, 0.15) is 5.75 Å². The first kappa shape index (κ1) is 23.1. The average molecular weight is 408 g/mol. The number of hydrogen-bond donors (Lipinski definition) is 2. The second-order valence-corrected chi connectivity index (χ2v) is 7.68. The van der Waals surface area contributed by atoms with Gasteiger partial charge in [0.2, 0.25) is 0 Å². The molecule has 0 spiro atoms. The number of nitrogens with zero attached hydrogens (tertiary/aromatic N) is 2. The fourth-order valence-electron chi connectivity index (χ4n) is 3.99. The first-order valence-corrected chi connectivity index (χ1v) is 9.99. The van der Waals surface area contributed by atoms with Crippen LogP contribution in [-0.2, 0) is 20.9 Å². The quantitative estimate of drug-likeness (QED) is 0.729. The molecule has 2 aliphatic rings. The molecule has 0 amide bonds. The summed E-state index contributed by atoms with van der Waals surface area (Å²) in [6.07, 6.45) is 3.27. The van der Waals surface area contributed by atoms with Crippen molar-refractivity contribution < 1.29 is 29.3 Å². The third-order valence-electron chi connectivity index (χ3n) is 5.24. The average Bonchev–Trinajstić information content (AvgIpc) is 2.68. The maximum absolute atomic E-state index is 9.10. The molecule has 2 saturated heterocycles. The number of likely N-dealkylation sites (tertiary alicyclic amines) is 1. The Balaban J connectivity index is 0.000000438. The van der Waals surface area contributed by atoms with Crippen LogP contribution in [0.15, 0.2) is 24.3 Å². The van der Waals surface area contributed by atoms with E-state index in [2.05, 4.69) is 41.8 Å². The molecular formula is C21H32N2O6. The highest BCUT2D eigenvalue weighted by Gasteiger charge is 2.30. The Bertz CT molecular complexity index is 653. The van der Waals surface area contributed by atoms with Crippen molar-refractivity contribution in [1.29, 1.82) is 0 Å². The molecule has 8 nitrogen and oxygen atoms in total. The SMILES string of the molecule is COc1cccc(CN2CCC(N3CC(C)OC(C)C3)CC2)c1.O=C(O)C(=O)O. The van der Waals surface area contributed by atoms with Gasteiger partial charge >= 0.3 is 11.9 Å². The highest BCUT2D eigenvalue weighted by Crippen LogP contribution is 2.23. The lowest BCUT2D eigenvalue weighted by Crippen LogP contribution is -2.53. The molecule has 0 aromatic heterocycles. The monoisotopic (exact) mass is 408 g/mol. The lowest BCUT2D eigenvalue weighted by atomic mass is 10.0. The number of methoxy groups -OCH3 is 1. The molecule has 0 aliphatic carbocycles. The molecule has 29 heavy (non-hydrogen) atoms. The van der Waals surface area contributed by atoms with Gasteiger partial charge in [-0.3, -0.25) is 9.80 Å². The van der Waals surface area contributed by atoms with Crippen molar-refractivity contribution in [1.82, 2.24) is 9.80 Å². The lowest BCUT2D eigenvalue weighted by Gasteiger charge is -2.43. The van der Waals surface area contributed by atoms with E-state index in [1.54, 1.807) is 7.11 Å². The van der Waals surface area contributed by atoms with Crippen LogP contribution in [0.4, 0.5) is 0 Å². The molecule has 0 radical (unpaired) electrons. The van der Waals surface area contributed by atoms with E-state index in [1.807, 2.05) is 6.07 Å². The fourth-order valence-corrected chi connectivity index (χ4v) is 3.99. The summed E-state index contributed by atoms with van der Waals surface area (Å²) in [7, 11) is 1.73. The van der Waals surface area contributed by atoms with Crippen LogP contribution in [0, 0.1) is 0 Å². The Morgan fingerprint density at radius 1 is 1.10 bits per heavy atom. The number of rotatable bonds is 4. The van der Waals surface area contributed by atoms with Crippen LogP contribution in [-0.4, -0.2) is 83.5 Å².